The number of nitrogens with one attached hydrogen (secondary N) is 2. The molecule has 0 atom stereocenters. The lowest BCUT2D eigenvalue weighted by atomic mass is 9.79. The van der Waals surface area contributed by atoms with Gasteiger partial charge in [0, 0.05) is 24.2 Å². The first-order valence-electron chi connectivity index (χ1n) is 10.6. The predicted molar refractivity (Wildman–Crippen MR) is 120 cm³/mol. The molecule has 0 unspecified atom stereocenters. The van der Waals surface area contributed by atoms with Gasteiger partial charge in [0.1, 0.15) is 23.0 Å². The summed E-state index contributed by atoms with van der Waals surface area (Å²) in [5.74, 6) is 0.345. The van der Waals surface area contributed by atoms with E-state index in [0.717, 1.165) is 5.56 Å². The lowest BCUT2D eigenvalue weighted by molar-refractivity contribution is 0.0901. The van der Waals surface area contributed by atoms with E-state index >= 15 is 0 Å². The van der Waals surface area contributed by atoms with Crippen molar-refractivity contribution in [1.29, 1.82) is 0 Å². The molecule has 1 amide bonds. The molecule has 1 aliphatic carbocycles. The maximum absolute atomic E-state index is 14.8. The first-order valence-corrected chi connectivity index (χ1v) is 10.6. The minimum Gasteiger partial charge on any atom is -0.348 e. The number of H-pyrrole nitrogens is 1. The second-order valence-electron chi connectivity index (χ2n) is 8.16. The highest BCUT2D eigenvalue weighted by atomic mass is 19.1. The third kappa shape index (κ3) is 4.05. The highest BCUT2D eigenvalue weighted by Gasteiger charge is 2.36. The molecule has 9 heteroatoms. The number of halogens is 1. The Labute approximate surface area is 188 Å². The normalized spacial score (nSPS) is 17.4. The van der Waals surface area contributed by atoms with Crippen LogP contribution in [0.4, 0.5) is 4.39 Å². The van der Waals surface area contributed by atoms with E-state index in [0.29, 0.717) is 35.9 Å². The SMILES string of the molecule is Cc1ccc(-c2nnc(C3CC(NC(=O)c4cccc(=O)[nH]4)C3)n2-c2ccccc2F)nc1. The van der Waals surface area contributed by atoms with Gasteiger partial charge in [-0.05, 0) is 49.6 Å². The summed E-state index contributed by atoms with van der Waals surface area (Å²) in [6, 6.07) is 14.6. The van der Waals surface area contributed by atoms with Crippen molar-refractivity contribution in [2.24, 2.45) is 0 Å². The zero-order valence-corrected chi connectivity index (χ0v) is 17.8. The topological polar surface area (TPSA) is 106 Å². The number of amides is 1. The van der Waals surface area contributed by atoms with Crippen LogP contribution in [0.3, 0.4) is 0 Å². The standard InChI is InChI=1S/C24H21FN6O2/c1-14-9-10-18(26-13-14)23-30-29-22(31(23)20-7-3-2-5-17(20)25)15-11-16(12-15)27-24(33)19-6-4-8-21(32)28-19/h2-10,13,15-16H,11-12H2,1H3,(H,27,33)(H,28,32). The summed E-state index contributed by atoms with van der Waals surface area (Å²) >= 11 is 0. The van der Waals surface area contributed by atoms with E-state index in [9.17, 15) is 14.0 Å². The summed E-state index contributed by atoms with van der Waals surface area (Å²) in [4.78, 5) is 30.8. The number of aromatic amines is 1. The summed E-state index contributed by atoms with van der Waals surface area (Å²) in [5.41, 5.74) is 1.84. The molecular weight excluding hydrogens is 423 g/mol. The van der Waals surface area contributed by atoms with Crippen molar-refractivity contribution in [3.8, 4) is 17.2 Å². The molecule has 1 saturated carbocycles. The van der Waals surface area contributed by atoms with Gasteiger partial charge in [-0.1, -0.05) is 24.3 Å². The number of aromatic nitrogens is 5. The Morgan fingerprint density at radius 3 is 2.64 bits per heavy atom. The van der Waals surface area contributed by atoms with Gasteiger partial charge < -0.3 is 10.3 Å². The van der Waals surface area contributed by atoms with E-state index in [4.69, 9.17) is 0 Å². The Balaban J connectivity index is 1.41. The lowest BCUT2D eigenvalue weighted by Crippen LogP contribution is -2.44. The second kappa shape index (κ2) is 8.42. The quantitative estimate of drug-likeness (QED) is 0.492. The largest absolute Gasteiger partial charge is 0.348 e. The number of carbonyl (C=O) groups is 1. The molecule has 33 heavy (non-hydrogen) atoms. The van der Waals surface area contributed by atoms with Crippen molar-refractivity contribution in [3.05, 3.63) is 94.0 Å². The predicted octanol–water partition coefficient (Wildman–Crippen LogP) is 3.14. The smallest absolute Gasteiger partial charge is 0.268 e. The average molecular weight is 444 g/mol. The van der Waals surface area contributed by atoms with Gasteiger partial charge in [-0.15, -0.1) is 10.2 Å². The lowest BCUT2D eigenvalue weighted by Gasteiger charge is -2.35. The minimum atomic E-state index is -0.385. The summed E-state index contributed by atoms with van der Waals surface area (Å²) < 4.78 is 16.5. The molecule has 0 saturated heterocycles. The van der Waals surface area contributed by atoms with Crippen LogP contribution >= 0.6 is 0 Å². The highest BCUT2D eigenvalue weighted by molar-refractivity contribution is 5.92. The zero-order valence-electron chi connectivity index (χ0n) is 17.8. The van der Waals surface area contributed by atoms with Crippen molar-refractivity contribution < 1.29 is 9.18 Å². The number of hydrogen-bond donors (Lipinski definition) is 2. The van der Waals surface area contributed by atoms with Gasteiger partial charge in [0.15, 0.2) is 5.82 Å². The van der Waals surface area contributed by atoms with Crippen LogP contribution in [0.15, 0.2) is 65.6 Å². The molecule has 0 radical (unpaired) electrons. The molecule has 8 nitrogen and oxygen atoms in total. The van der Waals surface area contributed by atoms with Crippen LogP contribution < -0.4 is 10.9 Å². The fourth-order valence-electron chi connectivity index (χ4n) is 3.99. The van der Waals surface area contributed by atoms with Gasteiger partial charge in [0.2, 0.25) is 5.56 Å². The molecule has 166 valence electrons. The molecule has 0 bridgehead atoms. The molecule has 1 fully saturated rings. The molecule has 1 aromatic carbocycles. The highest BCUT2D eigenvalue weighted by Crippen LogP contribution is 2.38. The maximum atomic E-state index is 14.8. The third-order valence-corrected chi connectivity index (χ3v) is 5.77. The van der Waals surface area contributed by atoms with E-state index in [1.54, 1.807) is 35.0 Å². The second-order valence-corrected chi connectivity index (χ2v) is 8.16. The van der Waals surface area contributed by atoms with Crippen LogP contribution in [0, 0.1) is 12.7 Å². The Morgan fingerprint density at radius 2 is 1.91 bits per heavy atom. The maximum Gasteiger partial charge on any atom is 0.268 e. The number of benzene rings is 1. The minimum absolute atomic E-state index is 0.0172. The summed E-state index contributed by atoms with van der Waals surface area (Å²) in [7, 11) is 0. The number of aryl methyl sites for hydroxylation is 1. The van der Waals surface area contributed by atoms with Crippen molar-refractivity contribution >= 4 is 5.91 Å². The molecule has 3 heterocycles. The first kappa shape index (κ1) is 20.7. The number of rotatable bonds is 5. The molecule has 0 aliphatic heterocycles. The fraction of sp³-hybridized carbons (Fsp3) is 0.208. The van der Waals surface area contributed by atoms with Crippen LogP contribution in [-0.4, -0.2) is 36.7 Å². The van der Waals surface area contributed by atoms with Crippen LogP contribution in [-0.2, 0) is 0 Å². The number of hydrogen-bond acceptors (Lipinski definition) is 5. The Morgan fingerprint density at radius 1 is 1.09 bits per heavy atom. The molecule has 5 rings (SSSR count). The Kier molecular flexibility index (Phi) is 5.29. The summed E-state index contributed by atoms with van der Waals surface area (Å²) in [6.45, 7) is 1.94. The van der Waals surface area contributed by atoms with E-state index in [-0.39, 0.29) is 34.9 Å². The number of carbonyl (C=O) groups excluding carboxylic acids is 1. The molecule has 0 spiro atoms. The van der Waals surface area contributed by atoms with Gasteiger partial charge in [-0.2, -0.15) is 0 Å². The van der Waals surface area contributed by atoms with E-state index in [1.165, 1.54) is 18.2 Å². The Hall–Kier alpha value is -4.14. The summed E-state index contributed by atoms with van der Waals surface area (Å²) in [5, 5.41) is 11.6. The van der Waals surface area contributed by atoms with Crippen molar-refractivity contribution in [2.75, 3.05) is 0 Å². The van der Waals surface area contributed by atoms with Crippen molar-refractivity contribution in [1.82, 2.24) is 30.0 Å². The third-order valence-electron chi connectivity index (χ3n) is 5.77. The van der Waals surface area contributed by atoms with Gasteiger partial charge in [0.25, 0.3) is 5.91 Å². The van der Waals surface area contributed by atoms with E-state index in [2.05, 4.69) is 25.5 Å². The number of nitrogens with zero attached hydrogens (tertiary/aromatic N) is 4. The molecule has 4 aromatic rings. The van der Waals surface area contributed by atoms with E-state index in [1.807, 2.05) is 19.1 Å². The number of pyridine rings is 2. The monoisotopic (exact) mass is 444 g/mol. The average Bonchev–Trinajstić information content (AvgIpc) is 3.21. The number of para-hydroxylation sites is 1. The molecular formula is C24H21FN6O2. The Bertz CT molecular complexity index is 1370. The van der Waals surface area contributed by atoms with Gasteiger partial charge in [-0.3, -0.25) is 19.1 Å². The molecule has 1 aliphatic rings. The van der Waals surface area contributed by atoms with Crippen molar-refractivity contribution in [3.63, 3.8) is 0 Å². The first-order chi connectivity index (χ1) is 16.0. The van der Waals surface area contributed by atoms with Crippen LogP contribution in [0.25, 0.3) is 17.2 Å². The van der Waals surface area contributed by atoms with Gasteiger partial charge in [-0.25, -0.2) is 4.39 Å². The fourth-order valence-corrected chi connectivity index (χ4v) is 3.99. The molecule has 2 N–H and O–H groups in total. The van der Waals surface area contributed by atoms with Gasteiger partial charge in [0.05, 0.1) is 5.69 Å². The zero-order chi connectivity index (χ0) is 22.9. The van der Waals surface area contributed by atoms with E-state index < -0.39 is 0 Å². The molecule has 3 aromatic heterocycles. The van der Waals surface area contributed by atoms with Crippen LogP contribution in [0.2, 0.25) is 0 Å². The van der Waals surface area contributed by atoms with Crippen molar-refractivity contribution in [2.45, 2.75) is 31.7 Å². The summed E-state index contributed by atoms with van der Waals surface area (Å²) in [6.07, 6.45) is 2.98. The van der Waals surface area contributed by atoms with Gasteiger partial charge >= 0.3 is 0 Å². The van der Waals surface area contributed by atoms with Crippen LogP contribution in [0.5, 0.6) is 0 Å². The van der Waals surface area contributed by atoms with Crippen LogP contribution in [0.1, 0.15) is 40.6 Å².